The lowest BCUT2D eigenvalue weighted by Crippen LogP contribution is -2.53. The minimum Gasteiger partial charge on any atom is -0.479 e. The number of aliphatic carboxylic acids is 1. The number of carbonyl (C=O) groups excluding carboxylic acids is 1. The van der Waals surface area contributed by atoms with E-state index in [-0.39, 0.29) is 12.5 Å². The highest BCUT2D eigenvalue weighted by Crippen LogP contribution is 1.99. The maximum Gasteiger partial charge on any atom is 0.334 e. The topological polar surface area (TPSA) is 98.7 Å². The normalized spacial score (nSPS) is 13.4. The third kappa shape index (κ3) is 3.71. The first-order valence-corrected chi connectivity index (χ1v) is 4.19. The Bertz CT molecular complexity index is 227. The van der Waals surface area contributed by atoms with Gasteiger partial charge in [-0.3, -0.25) is 4.79 Å². The summed E-state index contributed by atoms with van der Waals surface area (Å²) in [5.74, 6) is -1.71. The maximum atomic E-state index is 11.3. The molecule has 6 nitrogen and oxygen atoms in total. The predicted octanol–water partition coefficient (Wildman–Crippen LogP) is -1.45. The van der Waals surface area contributed by atoms with E-state index in [1.54, 1.807) is 20.9 Å². The molecule has 82 valence electrons. The quantitative estimate of drug-likeness (QED) is 0.439. The lowest BCUT2D eigenvalue weighted by molar-refractivity contribution is -0.146. The standard InChI is InChI=1S/C8H16N2O4/c1-8(2,9-3)7(14)10-4-5(11)6(12)13/h5,9,11H,4H2,1-3H3,(H,10,14)(H,12,13). The summed E-state index contributed by atoms with van der Waals surface area (Å²) in [6, 6.07) is 0. The van der Waals surface area contributed by atoms with Crippen molar-refractivity contribution in [1.82, 2.24) is 10.6 Å². The van der Waals surface area contributed by atoms with E-state index in [9.17, 15) is 9.59 Å². The summed E-state index contributed by atoms with van der Waals surface area (Å²) in [4.78, 5) is 21.6. The van der Waals surface area contributed by atoms with Gasteiger partial charge in [-0.15, -0.1) is 0 Å². The fraction of sp³-hybridized carbons (Fsp3) is 0.750. The van der Waals surface area contributed by atoms with Gasteiger partial charge in [0.1, 0.15) is 0 Å². The van der Waals surface area contributed by atoms with E-state index in [4.69, 9.17) is 10.2 Å². The molecule has 0 bridgehead atoms. The maximum absolute atomic E-state index is 11.3. The lowest BCUT2D eigenvalue weighted by Gasteiger charge is -2.23. The molecule has 0 aliphatic heterocycles. The number of hydrogen-bond donors (Lipinski definition) is 4. The van der Waals surface area contributed by atoms with Gasteiger partial charge >= 0.3 is 5.97 Å². The summed E-state index contributed by atoms with van der Waals surface area (Å²) in [5.41, 5.74) is -0.780. The Labute approximate surface area is 82.3 Å². The van der Waals surface area contributed by atoms with Gasteiger partial charge in [-0.2, -0.15) is 0 Å². The molecule has 14 heavy (non-hydrogen) atoms. The molecule has 1 amide bonds. The van der Waals surface area contributed by atoms with Crippen molar-refractivity contribution in [1.29, 1.82) is 0 Å². The minimum absolute atomic E-state index is 0.292. The third-order valence-electron chi connectivity index (χ3n) is 1.93. The van der Waals surface area contributed by atoms with Gasteiger partial charge in [-0.05, 0) is 20.9 Å². The summed E-state index contributed by atoms with van der Waals surface area (Å²) in [5, 5.41) is 22.3. The van der Waals surface area contributed by atoms with E-state index in [2.05, 4.69) is 10.6 Å². The fourth-order valence-corrected chi connectivity index (χ4v) is 0.611. The Morgan fingerprint density at radius 1 is 1.43 bits per heavy atom. The predicted molar refractivity (Wildman–Crippen MR) is 49.8 cm³/mol. The van der Waals surface area contributed by atoms with Crippen LogP contribution in [0.4, 0.5) is 0 Å². The van der Waals surface area contributed by atoms with E-state index >= 15 is 0 Å². The fourth-order valence-electron chi connectivity index (χ4n) is 0.611. The molecule has 4 N–H and O–H groups in total. The molecule has 1 atom stereocenters. The molecule has 0 aromatic carbocycles. The molecule has 6 heteroatoms. The minimum atomic E-state index is -1.56. The second-order valence-corrected chi connectivity index (χ2v) is 3.44. The Morgan fingerprint density at radius 3 is 2.29 bits per heavy atom. The van der Waals surface area contributed by atoms with E-state index in [1.165, 1.54) is 0 Å². The van der Waals surface area contributed by atoms with Gasteiger partial charge in [-0.1, -0.05) is 0 Å². The van der Waals surface area contributed by atoms with Crippen LogP contribution in [0.25, 0.3) is 0 Å². The van der Waals surface area contributed by atoms with Gasteiger partial charge < -0.3 is 20.8 Å². The van der Waals surface area contributed by atoms with Crippen LogP contribution in [0, 0.1) is 0 Å². The van der Waals surface area contributed by atoms with Crippen molar-refractivity contribution in [2.45, 2.75) is 25.5 Å². The first kappa shape index (κ1) is 12.9. The third-order valence-corrected chi connectivity index (χ3v) is 1.93. The van der Waals surface area contributed by atoms with Crippen molar-refractivity contribution in [3.8, 4) is 0 Å². The highest BCUT2D eigenvalue weighted by molar-refractivity contribution is 5.85. The van der Waals surface area contributed by atoms with E-state index < -0.39 is 17.6 Å². The van der Waals surface area contributed by atoms with Crippen LogP contribution in [0.15, 0.2) is 0 Å². The second kappa shape index (κ2) is 4.92. The largest absolute Gasteiger partial charge is 0.479 e. The van der Waals surface area contributed by atoms with Crippen LogP contribution in [0.5, 0.6) is 0 Å². The van der Waals surface area contributed by atoms with E-state index in [0.717, 1.165) is 0 Å². The number of aliphatic hydroxyl groups is 1. The van der Waals surface area contributed by atoms with Crippen molar-refractivity contribution in [3.05, 3.63) is 0 Å². The average molecular weight is 204 g/mol. The summed E-state index contributed by atoms with van der Waals surface area (Å²) >= 11 is 0. The number of rotatable bonds is 5. The molecule has 0 saturated carbocycles. The molecule has 1 unspecified atom stereocenters. The summed E-state index contributed by atoms with van der Waals surface area (Å²) in [6.45, 7) is 3.00. The highest BCUT2D eigenvalue weighted by atomic mass is 16.4. The summed E-state index contributed by atoms with van der Waals surface area (Å²) in [6.07, 6.45) is -1.56. The number of aliphatic hydroxyl groups excluding tert-OH is 1. The van der Waals surface area contributed by atoms with Crippen LogP contribution in [-0.4, -0.2) is 47.3 Å². The summed E-state index contributed by atoms with van der Waals surface area (Å²) in [7, 11) is 1.62. The molecule has 0 rings (SSSR count). The molecular formula is C8H16N2O4. The van der Waals surface area contributed by atoms with Crippen molar-refractivity contribution in [2.75, 3.05) is 13.6 Å². The number of likely N-dealkylation sites (N-methyl/N-ethyl adjacent to an activating group) is 1. The first-order valence-electron chi connectivity index (χ1n) is 4.19. The zero-order valence-corrected chi connectivity index (χ0v) is 8.50. The van der Waals surface area contributed by atoms with Crippen molar-refractivity contribution in [3.63, 3.8) is 0 Å². The van der Waals surface area contributed by atoms with Gasteiger partial charge in [0.25, 0.3) is 0 Å². The highest BCUT2D eigenvalue weighted by Gasteiger charge is 2.26. The molecule has 0 aliphatic rings. The Balaban J connectivity index is 4.03. The van der Waals surface area contributed by atoms with Crippen molar-refractivity contribution in [2.24, 2.45) is 0 Å². The van der Waals surface area contributed by atoms with Crippen LogP contribution in [0.2, 0.25) is 0 Å². The van der Waals surface area contributed by atoms with Gasteiger partial charge in [0.2, 0.25) is 5.91 Å². The first-order chi connectivity index (χ1) is 6.31. The van der Waals surface area contributed by atoms with Crippen molar-refractivity contribution < 1.29 is 19.8 Å². The Kier molecular flexibility index (Phi) is 4.52. The number of carboxylic acids is 1. The summed E-state index contributed by atoms with van der Waals surface area (Å²) < 4.78 is 0. The van der Waals surface area contributed by atoms with E-state index in [0.29, 0.717) is 0 Å². The smallest absolute Gasteiger partial charge is 0.334 e. The monoisotopic (exact) mass is 204 g/mol. The zero-order valence-electron chi connectivity index (χ0n) is 8.50. The molecule has 0 heterocycles. The Morgan fingerprint density at radius 2 is 1.93 bits per heavy atom. The number of carboxylic acid groups (broad SMARTS) is 1. The molecule has 0 saturated heterocycles. The number of amides is 1. The molecule has 0 radical (unpaired) electrons. The number of carbonyl (C=O) groups is 2. The van der Waals surface area contributed by atoms with Gasteiger partial charge in [-0.25, -0.2) is 4.79 Å². The average Bonchev–Trinajstić information content (AvgIpc) is 2.13. The SMILES string of the molecule is CNC(C)(C)C(=O)NCC(O)C(=O)O. The van der Waals surface area contributed by atoms with Gasteiger partial charge in [0.15, 0.2) is 6.10 Å². The van der Waals surface area contributed by atoms with Crippen LogP contribution in [0.1, 0.15) is 13.8 Å². The van der Waals surface area contributed by atoms with Crippen molar-refractivity contribution >= 4 is 11.9 Å². The van der Waals surface area contributed by atoms with Crippen LogP contribution >= 0.6 is 0 Å². The van der Waals surface area contributed by atoms with Gasteiger partial charge in [0, 0.05) is 0 Å². The lowest BCUT2D eigenvalue weighted by atomic mass is 10.1. The molecule has 0 spiro atoms. The molecule has 0 aliphatic carbocycles. The van der Waals surface area contributed by atoms with Crippen LogP contribution in [-0.2, 0) is 9.59 Å². The molecule has 0 aromatic rings. The van der Waals surface area contributed by atoms with Crippen LogP contribution < -0.4 is 10.6 Å². The van der Waals surface area contributed by atoms with E-state index in [1.807, 2.05) is 0 Å². The van der Waals surface area contributed by atoms with Crippen LogP contribution in [0.3, 0.4) is 0 Å². The molecular weight excluding hydrogens is 188 g/mol. The number of hydrogen-bond acceptors (Lipinski definition) is 4. The second-order valence-electron chi connectivity index (χ2n) is 3.44. The number of nitrogens with one attached hydrogen (secondary N) is 2. The Hall–Kier alpha value is -1.14. The van der Waals surface area contributed by atoms with Gasteiger partial charge in [0.05, 0.1) is 12.1 Å². The molecule has 0 aromatic heterocycles. The molecule has 0 fully saturated rings. The zero-order chi connectivity index (χ0) is 11.4.